The van der Waals surface area contributed by atoms with Crippen molar-refractivity contribution in [2.45, 2.75) is 11.8 Å². The Bertz CT molecular complexity index is 938. The molecule has 0 aliphatic rings. The topological polar surface area (TPSA) is 52.1 Å². The Labute approximate surface area is 137 Å². The third kappa shape index (κ3) is 2.98. The Balaban J connectivity index is 2.07. The van der Waals surface area contributed by atoms with E-state index in [1.165, 1.54) is 4.68 Å². The second kappa shape index (κ2) is 5.70. The van der Waals surface area contributed by atoms with Gasteiger partial charge in [-0.3, -0.25) is 0 Å². The molecule has 0 aliphatic heterocycles. The molecule has 0 saturated heterocycles. The molecule has 0 amide bonds. The number of para-hydroxylation sites is 1. The molecule has 0 N–H and O–H groups in total. The van der Waals surface area contributed by atoms with Crippen molar-refractivity contribution in [2.24, 2.45) is 0 Å². The maximum absolute atomic E-state index is 12.5. The zero-order chi connectivity index (χ0) is 15.7. The van der Waals surface area contributed by atoms with Gasteiger partial charge < -0.3 is 4.83 Å². The van der Waals surface area contributed by atoms with Crippen LogP contribution < -0.4 is 4.68 Å². The Morgan fingerprint density at radius 3 is 2.45 bits per heavy atom. The molecule has 6 heteroatoms. The second-order valence-corrected chi connectivity index (χ2v) is 7.43. The largest absolute Gasteiger partial charge is 0.317 e. The van der Waals surface area contributed by atoms with Crippen molar-refractivity contribution in [3.63, 3.8) is 0 Å². The summed E-state index contributed by atoms with van der Waals surface area (Å²) in [6, 6.07) is 16.0. The summed E-state index contributed by atoms with van der Waals surface area (Å²) in [4.78, 5) is 4.11. The van der Waals surface area contributed by atoms with Gasteiger partial charge in [0.1, 0.15) is 0 Å². The first-order valence-electron chi connectivity index (χ1n) is 6.61. The van der Waals surface area contributed by atoms with Gasteiger partial charge in [0.05, 0.1) is 9.37 Å². The van der Waals surface area contributed by atoms with Gasteiger partial charge in [-0.2, -0.15) is 0 Å². The molecular formula is C16H13BrN2O2S. The van der Waals surface area contributed by atoms with E-state index in [4.69, 9.17) is 0 Å². The zero-order valence-electron chi connectivity index (χ0n) is 11.8. The number of sulfonamides is 1. The number of hydrogen-bond acceptors (Lipinski definition) is 2. The maximum atomic E-state index is 12.5. The molecule has 0 aliphatic carbocycles. The van der Waals surface area contributed by atoms with E-state index in [9.17, 15) is 8.42 Å². The lowest BCUT2D eigenvalue weighted by atomic mass is 10.2. The van der Waals surface area contributed by atoms with Gasteiger partial charge in [0.25, 0.3) is 0 Å². The van der Waals surface area contributed by atoms with Gasteiger partial charge in [-0.1, -0.05) is 29.8 Å². The van der Waals surface area contributed by atoms with Crippen LogP contribution in [0.3, 0.4) is 0 Å². The lowest BCUT2D eigenvalue weighted by Gasteiger charge is -2.16. The molecule has 3 aromatic rings. The lowest BCUT2D eigenvalue weighted by molar-refractivity contribution is -0.586. The quantitative estimate of drug-likeness (QED) is 0.654. The van der Waals surface area contributed by atoms with E-state index >= 15 is 0 Å². The van der Waals surface area contributed by atoms with Crippen LogP contribution in [0.4, 0.5) is 0 Å². The minimum absolute atomic E-state index is 0.176. The van der Waals surface area contributed by atoms with Crippen LogP contribution in [0, 0.1) is 6.92 Å². The first-order valence-corrected chi connectivity index (χ1v) is 8.84. The van der Waals surface area contributed by atoms with Crippen molar-refractivity contribution in [3.05, 3.63) is 75.7 Å². The van der Waals surface area contributed by atoms with Gasteiger partial charge in [-0.15, -0.1) is 0 Å². The van der Waals surface area contributed by atoms with Crippen molar-refractivity contribution in [2.75, 3.05) is 0 Å². The average molecular weight is 377 g/mol. The summed E-state index contributed by atoms with van der Waals surface area (Å²) >= 11 is 3.38. The van der Waals surface area contributed by atoms with E-state index in [-0.39, 0.29) is 4.90 Å². The Kier molecular flexibility index (Phi) is 3.88. The summed E-state index contributed by atoms with van der Waals surface area (Å²) in [5.74, 6) is 0. The number of benzene rings is 2. The zero-order valence-corrected chi connectivity index (χ0v) is 14.2. The lowest BCUT2D eigenvalue weighted by Crippen LogP contribution is -2.33. The van der Waals surface area contributed by atoms with Crippen molar-refractivity contribution in [3.8, 4) is 0 Å². The molecular weight excluding hydrogens is 364 g/mol. The standard InChI is InChI=1S/C16H13BrN2O2S/c1-12-6-8-15(9-7-12)22(20,21)18-19-11-14(17)10-13-4-2-3-5-16(13)19/h2-11H,1H3. The first-order chi connectivity index (χ1) is 10.5. The highest BCUT2D eigenvalue weighted by molar-refractivity contribution is 9.10. The van der Waals surface area contributed by atoms with Crippen molar-refractivity contribution in [1.82, 2.24) is 0 Å². The fourth-order valence-corrected chi connectivity index (χ4v) is 3.51. The second-order valence-electron chi connectivity index (χ2n) is 4.93. The molecule has 0 spiro atoms. The van der Waals surface area contributed by atoms with E-state index in [1.807, 2.05) is 37.3 Å². The molecule has 1 aromatic heterocycles. The highest BCUT2D eigenvalue weighted by Gasteiger charge is 2.12. The first kappa shape index (κ1) is 15.0. The Morgan fingerprint density at radius 2 is 1.73 bits per heavy atom. The number of pyridine rings is 1. The van der Waals surface area contributed by atoms with Gasteiger partial charge in [0.2, 0.25) is 5.52 Å². The van der Waals surface area contributed by atoms with Crippen molar-refractivity contribution < 1.29 is 13.1 Å². The van der Waals surface area contributed by atoms with Gasteiger partial charge in [0, 0.05) is 11.5 Å². The normalized spacial score (nSPS) is 11.5. The van der Waals surface area contributed by atoms with E-state index in [1.54, 1.807) is 30.5 Å². The summed E-state index contributed by atoms with van der Waals surface area (Å²) in [6.07, 6.45) is 1.63. The number of hydrogen-bond donors (Lipinski definition) is 0. The number of halogens is 1. The molecule has 0 saturated carbocycles. The average Bonchev–Trinajstić information content (AvgIpc) is 2.47. The molecule has 0 fully saturated rings. The molecule has 0 unspecified atom stereocenters. The van der Waals surface area contributed by atoms with Gasteiger partial charge in [-0.05, 0) is 47.1 Å². The summed E-state index contributed by atoms with van der Waals surface area (Å²) in [5, 5.41) is 0.903. The van der Waals surface area contributed by atoms with Crippen LogP contribution >= 0.6 is 15.9 Å². The van der Waals surface area contributed by atoms with E-state index in [2.05, 4.69) is 20.8 Å². The van der Waals surface area contributed by atoms with E-state index in [0.717, 1.165) is 20.9 Å². The smallest absolute Gasteiger partial charge is 0.208 e. The Hall–Kier alpha value is -1.92. The minimum Gasteiger partial charge on any atom is -0.317 e. The predicted molar refractivity (Wildman–Crippen MR) is 89.0 cm³/mol. The van der Waals surface area contributed by atoms with Crippen LogP contribution in [0.1, 0.15) is 5.56 Å². The number of nitrogens with zero attached hydrogens (tertiary/aromatic N) is 2. The third-order valence-electron chi connectivity index (χ3n) is 3.24. The van der Waals surface area contributed by atoms with Crippen LogP contribution in [0.25, 0.3) is 15.7 Å². The minimum atomic E-state index is -3.77. The van der Waals surface area contributed by atoms with Crippen LogP contribution in [-0.2, 0) is 10.0 Å². The SMILES string of the molecule is Cc1ccc(S(=O)(=O)[N-][n+]2cc(Br)cc3ccccc32)cc1. The van der Waals surface area contributed by atoms with Crippen LogP contribution in [0.15, 0.2) is 70.2 Å². The summed E-state index contributed by atoms with van der Waals surface area (Å²) in [7, 11) is -3.77. The third-order valence-corrected chi connectivity index (χ3v) is 4.93. The predicted octanol–water partition coefficient (Wildman–Crippen LogP) is 3.72. The van der Waals surface area contributed by atoms with Crippen molar-refractivity contribution >= 4 is 36.9 Å². The summed E-state index contributed by atoms with van der Waals surface area (Å²) in [6.45, 7) is 1.91. The van der Waals surface area contributed by atoms with Crippen molar-refractivity contribution in [1.29, 1.82) is 0 Å². The van der Waals surface area contributed by atoms with Crippen LogP contribution in [0.2, 0.25) is 0 Å². The maximum Gasteiger partial charge on any atom is 0.208 e. The van der Waals surface area contributed by atoms with E-state index in [0.29, 0.717) is 0 Å². The monoisotopic (exact) mass is 376 g/mol. The molecule has 2 aromatic carbocycles. The van der Waals surface area contributed by atoms with Crippen LogP contribution in [-0.4, -0.2) is 8.42 Å². The van der Waals surface area contributed by atoms with Gasteiger partial charge in [-0.25, -0.2) is 13.1 Å². The molecule has 112 valence electrons. The van der Waals surface area contributed by atoms with Gasteiger partial charge in [0.15, 0.2) is 16.2 Å². The molecule has 1 heterocycles. The number of rotatable bonds is 3. The Morgan fingerprint density at radius 1 is 1.05 bits per heavy atom. The summed E-state index contributed by atoms with van der Waals surface area (Å²) < 4.78 is 27.1. The fourth-order valence-electron chi connectivity index (χ4n) is 2.13. The highest BCUT2D eigenvalue weighted by Crippen LogP contribution is 2.20. The molecule has 0 bridgehead atoms. The number of aryl methyl sites for hydroxylation is 1. The fraction of sp³-hybridized carbons (Fsp3) is 0.0625. The highest BCUT2D eigenvalue weighted by atomic mass is 79.9. The summed E-state index contributed by atoms with van der Waals surface area (Å²) in [5.41, 5.74) is 1.72. The molecule has 3 rings (SSSR count). The van der Waals surface area contributed by atoms with Crippen LogP contribution in [0.5, 0.6) is 0 Å². The molecule has 4 nitrogen and oxygen atoms in total. The number of aromatic nitrogens is 1. The van der Waals surface area contributed by atoms with Gasteiger partial charge >= 0.3 is 0 Å². The van der Waals surface area contributed by atoms with E-state index < -0.39 is 10.0 Å². The number of fused-ring (bicyclic) bond motifs is 1. The molecule has 0 atom stereocenters. The molecule has 0 radical (unpaired) electrons. The molecule has 22 heavy (non-hydrogen) atoms.